The van der Waals surface area contributed by atoms with Gasteiger partial charge in [-0.3, -0.25) is 19.7 Å². The Balaban J connectivity index is 1.96. The van der Waals surface area contributed by atoms with Gasteiger partial charge in [-0.15, -0.1) is 0 Å². The summed E-state index contributed by atoms with van der Waals surface area (Å²) in [7, 11) is 0. The van der Waals surface area contributed by atoms with Gasteiger partial charge in [-0.05, 0) is 35.9 Å². The van der Waals surface area contributed by atoms with Gasteiger partial charge in [0.1, 0.15) is 0 Å². The van der Waals surface area contributed by atoms with Crippen molar-refractivity contribution in [2.45, 2.75) is 0 Å². The number of anilines is 1. The van der Waals surface area contributed by atoms with E-state index in [1.807, 2.05) is 0 Å². The third-order valence-electron chi connectivity index (χ3n) is 4.42. The molecule has 27 heavy (non-hydrogen) atoms. The van der Waals surface area contributed by atoms with Gasteiger partial charge in [0.25, 0.3) is 17.5 Å². The highest BCUT2D eigenvalue weighted by molar-refractivity contribution is 6.36. The standard InChI is InChI=1S/C19H10N2O6/c22-17-13-6-2-5-12-15(21(26)27)8-7-14(16(12)13)18(23)20(17)11-4-1-3-10(9-11)19(24)25/h1-9H,(H,24,25)/p-1. The van der Waals surface area contributed by atoms with E-state index < -0.39 is 22.7 Å². The van der Waals surface area contributed by atoms with Gasteiger partial charge in [0, 0.05) is 22.6 Å². The molecule has 3 aromatic rings. The zero-order valence-corrected chi connectivity index (χ0v) is 13.5. The zero-order chi connectivity index (χ0) is 19.3. The molecule has 0 saturated heterocycles. The average Bonchev–Trinajstić information content (AvgIpc) is 2.65. The molecule has 8 heteroatoms. The van der Waals surface area contributed by atoms with Crippen LogP contribution in [0.15, 0.2) is 54.6 Å². The van der Waals surface area contributed by atoms with Gasteiger partial charge in [-0.2, -0.15) is 0 Å². The molecule has 0 unspecified atom stereocenters. The van der Waals surface area contributed by atoms with Gasteiger partial charge in [0.05, 0.1) is 22.0 Å². The Kier molecular flexibility index (Phi) is 3.48. The number of rotatable bonds is 3. The fraction of sp³-hybridized carbons (Fsp3) is 0. The molecular formula is C19H9N2O6-. The molecule has 1 heterocycles. The van der Waals surface area contributed by atoms with E-state index in [2.05, 4.69) is 0 Å². The highest BCUT2D eigenvalue weighted by Crippen LogP contribution is 2.36. The van der Waals surface area contributed by atoms with Crippen LogP contribution in [0.4, 0.5) is 11.4 Å². The Morgan fingerprint density at radius 3 is 2.26 bits per heavy atom. The van der Waals surface area contributed by atoms with E-state index in [0.29, 0.717) is 0 Å². The molecular weight excluding hydrogens is 352 g/mol. The lowest BCUT2D eigenvalue weighted by Gasteiger charge is -2.27. The van der Waals surface area contributed by atoms with E-state index in [9.17, 15) is 29.6 Å². The van der Waals surface area contributed by atoms with Gasteiger partial charge in [-0.1, -0.05) is 18.2 Å². The largest absolute Gasteiger partial charge is 0.545 e. The second-order valence-electron chi connectivity index (χ2n) is 5.90. The molecule has 3 aromatic carbocycles. The molecule has 0 N–H and O–H groups in total. The van der Waals surface area contributed by atoms with E-state index in [1.54, 1.807) is 0 Å². The van der Waals surface area contributed by atoms with E-state index in [0.717, 1.165) is 4.90 Å². The maximum Gasteiger partial charge on any atom is 0.277 e. The van der Waals surface area contributed by atoms with Crippen molar-refractivity contribution in [3.05, 3.63) is 81.4 Å². The minimum atomic E-state index is -1.44. The summed E-state index contributed by atoms with van der Waals surface area (Å²) in [6.45, 7) is 0. The normalized spacial score (nSPS) is 13.1. The predicted molar refractivity (Wildman–Crippen MR) is 92.5 cm³/mol. The summed E-state index contributed by atoms with van der Waals surface area (Å²) in [6, 6.07) is 12.2. The van der Waals surface area contributed by atoms with Crippen LogP contribution in [0.25, 0.3) is 10.8 Å². The molecule has 0 saturated carbocycles. The van der Waals surface area contributed by atoms with Crippen molar-refractivity contribution in [1.82, 2.24) is 0 Å². The van der Waals surface area contributed by atoms with Gasteiger partial charge in [0.15, 0.2) is 0 Å². The first-order valence-corrected chi connectivity index (χ1v) is 7.80. The van der Waals surface area contributed by atoms with Crippen molar-refractivity contribution in [3.8, 4) is 0 Å². The molecule has 1 aliphatic rings. The second kappa shape index (κ2) is 5.73. The Labute approximate surface area is 151 Å². The predicted octanol–water partition coefficient (Wildman–Crippen LogP) is 1.91. The minimum absolute atomic E-state index is 0.0766. The van der Waals surface area contributed by atoms with Crippen molar-refractivity contribution in [1.29, 1.82) is 0 Å². The van der Waals surface area contributed by atoms with Crippen LogP contribution in [-0.2, 0) is 0 Å². The van der Waals surface area contributed by atoms with Crippen LogP contribution < -0.4 is 10.0 Å². The van der Waals surface area contributed by atoms with Crippen molar-refractivity contribution < 1.29 is 24.4 Å². The molecule has 0 fully saturated rings. The number of nitro benzene ring substituents is 1. The highest BCUT2D eigenvalue weighted by Gasteiger charge is 2.35. The fourth-order valence-electron chi connectivity index (χ4n) is 3.25. The molecule has 0 aliphatic carbocycles. The minimum Gasteiger partial charge on any atom is -0.545 e. The third kappa shape index (κ3) is 2.35. The van der Waals surface area contributed by atoms with Crippen molar-refractivity contribution >= 4 is 39.9 Å². The zero-order valence-electron chi connectivity index (χ0n) is 13.5. The van der Waals surface area contributed by atoms with Crippen LogP contribution in [-0.4, -0.2) is 22.7 Å². The number of imide groups is 1. The van der Waals surface area contributed by atoms with E-state index in [4.69, 9.17) is 0 Å². The number of carbonyl (C=O) groups excluding carboxylic acids is 3. The monoisotopic (exact) mass is 361 g/mol. The fourth-order valence-corrected chi connectivity index (χ4v) is 3.25. The lowest BCUT2D eigenvalue weighted by Crippen LogP contribution is -2.40. The summed E-state index contributed by atoms with van der Waals surface area (Å²) in [5.74, 6) is -2.81. The molecule has 0 atom stereocenters. The smallest absolute Gasteiger partial charge is 0.277 e. The number of hydrogen-bond acceptors (Lipinski definition) is 6. The van der Waals surface area contributed by atoms with Gasteiger partial charge >= 0.3 is 0 Å². The molecule has 8 nitrogen and oxygen atoms in total. The first kappa shape index (κ1) is 16.4. The number of nitro groups is 1. The van der Waals surface area contributed by atoms with Crippen molar-refractivity contribution in [2.75, 3.05) is 4.90 Å². The number of benzene rings is 3. The Morgan fingerprint density at radius 1 is 0.926 bits per heavy atom. The molecule has 4 rings (SSSR count). The van der Waals surface area contributed by atoms with Crippen LogP contribution in [0.3, 0.4) is 0 Å². The highest BCUT2D eigenvalue weighted by atomic mass is 16.6. The maximum absolute atomic E-state index is 12.9. The summed E-state index contributed by atoms with van der Waals surface area (Å²) < 4.78 is 0. The first-order chi connectivity index (χ1) is 12.9. The van der Waals surface area contributed by atoms with Crippen molar-refractivity contribution in [2.24, 2.45) is 0 Å². The van der Waals surface area contributed by atoms with Crippen LogP contribution in [0.5, 0.6) is 0 Å². The van der Waals surface area contributed by atoms with Crippen LogP contribution in [0.1, 0.15) is 31.1 Å². The quantitative estimate of drug-likeness (QED) is 0.399. The topological polar surface area (TPSA) is 121 Å². The number of aromatic carboxylic acids is 1. The summed E-state index contributed by atoms with van der Waals surface area (Å²) >= 11 is 0. The lowest BCUT2D eigenvalue weighted by molar-refractivity contribution is -0.383. The number of carbonyl (C=O) groups is 3. The first-order valence-electron chi connectivity index (χ1n) is 7.80. The summed E-state index contributed by atoms with van der Waals surface area (Å²) in [5.41, 5.74) is -0.0496. The molecule has 0 aromatic heterocycles. The number of amides is 2. The van der Waals surface area contributed by atoms with Crippen LogP contribution in [0, 0.1) is 10.1 Å². The van der Waals surface area contributed by atoms with E-state index >= 15 is 0 Å². The maximum atomic E-state index is 12.9. The third-order valence-corrected chi connectivity index (χ3v) is 4.42. The average molecular weight is 361 g/mol. The molecule has 2 amide bonds. The van der Waals surface area contributed by atoms with Crippen LogP contribution in [0.2, 0.25) is 0 Å². The van der Waals surface area contributed by atoms with Crippen LogP contribution >= 0.6 is 0 Å². The van der Waals surface area contributed by atoms with Crippen molar-refractivity contribution in [3.63, 3.8) is 0 Å². The number of hydrogen-bond donors (Lipinski definition) is 0. The molecule has 132 valence electrons. The summed E-state index contributed by atoms with van der Waals surface area (Å²) in [5, 5.41) is 22.8. The second-order valence-corrected chi connectivity index (χ2v) is 5.90. The van der Waals surface area contributed by atoms with Gasteiger partial charge in [0.2, 0.25) is 0 Å². The Bertz CT molecular complexity index is 1160. The van der Waals surface area contributed by atoms with E-state index in [1.165, 1.54) is 54.6 Å². The van der Waals surface area contributed by atoms with Gasteiger partial charge < -0.3 is 9.90 Å². The Morgan fingerprint density at radius 2 is 1.59 bits per heavy atom. The molecule has 0 spiro atoms. The van der Waals surface area contributed by atoms with E-state index in [-0.39, 0.29) is 38.8 Å². The van der Waals surface area contributed by atoms with Gasteiger partial charge in [-0.25, -0.2) is 4.90 Å². The molecule has 0 bridgehead atoms. The summed E-state index contributed by atoms with van der Waals surface area (Å²) in [6.07, 6.45) is 0. The molecule has 0 radical (unpaired) electrons. The number of non-ortho nitro benzene ring substituents is 1. The number of carboxylic acids is 1. The number of nitrogens with zero attached hydrogens (tertiary/aromatic N) is 2. The number of carboxylic acid groups (broad SMARTS) is 1. The Hall–Kier alpha value is -4.07. The summed E-state index contributed by atoms with van der Waals surface area (Å²) in [4.78, 5) is 48.5. The SMILES string of the molecule is O=C([O-])c1cccc(N2C(=O)c3cccc4c([N+](=O)[O-])ccc(c34)C2=O)c1. The molecule has 1 aliphatic heterocycles. The lowest BCUT2D eigenvalue weighted by atomic mass is 9.92.